The van der Waals surface area contributed by atoms with Gasteiger partial charge in [-0.3, -0.25) is 4.98 Å². The maximum absolute atomic E-state index is 12.8. The topological polar surface area (TPSA) is 47.0 Å². The molecule has 1 aromatic heterocycles. The molecule has 0 unspecified atom stereocenters. The van der Waals surface area contributed by atoms with E-state index in [1.165, 1.54) is 0 Å². The average molecular weight is 389 g/mol. The summed E-state index contributed by atoms with van der Waals surface area (Å²) in [4.78, 5) is 1.54. The predicted octanol–water partition coefficient (Wildman–Crippen LogP) is 3.86. The van der Waals surface area contributed by atoms with E-state index in [2.05, 4.69) is 20.9 Å². The largest absolute Gasteiger partial charge is 0.419 e. The summed E-state index contributed by atoms with van der Waals surface area (Å²) in [5, 5.41) is -0.467. The van der Waals surface area contributed by atoms with Gasteiger partial charge in [0.15, 0.2) is 0 Å². The first kappa shape index (κ1) is 16.6. The zero-order valence-corrected chi connectivity index (χ0v) is 11.8. The standard InChI is InChI=1S/C8H4BrClF5NO2S/c9-1-4-5(8(13,14)15)6(19(10,17)18)3(2-16-4)7(11)12/h2,7H,1H2. The minimum atomic E-state index is -5.18. The van der Waals surface area contributed by atoms with Gasteiger partial charge in [-0.1, -0.05) is 15.9 Å². The van der Waals surface area contributed by atoms with Crippen molar-refractivity contribution in [1.29, 1.82) is 0 Å². The fourth-order valence-corrected chi connectivity index (χ4v) is 3.18. The summed E-state index contributed by atoms with van der Waals surface area (Å²) in [6.07, 6.45) is -8.27. The normalized spacial score (nSPS) is 13.1. The van der Waals surface area contributed by atoms with Gasteiger partial charge >= 0.3 is 6.18 Å². The fraction of sp³-hybridized carbons (Fsp3) is 0.375. The zero-order valence-electron chi connectivity index (χ0n) is 8.68. The van der Waals surface area contributed by atoms with Crippen molar-refractivity contribution >= 4 is 35.7 Å². The molecule has 0 saturated heterocycles. The van der Waals surface area contributed by atoms with Crippen LogP contribution >= 0.6 is 26.6 Å². The molecule has 19 heavy (non-hydrogen) atoms. The molecule has 0 N–H and O–H groups in total. The third kappa shape index (κ3) is 3.54. The lowest BCUT2D eigenvalue weighted by molar-refractivity contribution is -0.140. The smallest absolute Gasteiger partial charge is 0.259 e. The molecule has 1 rings (SSSR count). The first-order valence-electron chi connectivity index (χ1n) is 4.38. The van der Waals surface area contributed by atoms with Crippen molar-refractivity contribution in [2.24, 2.45) is 0 Å². The maximum Gasteiger partial charge on any atom is 0.419 e. The molecule has 0 bridgehead atoms. The molecule has 0 aromatic carbocycles. The van der Waals surface area contributed by atoms with E-state index in [0.717, 1.165) is 0 Å². The summed E-state index contributed by atoms with van der Waals surface area (Å²) in [5.74, 6) is 0. The Morgan fingerprint density at radius 2 is 1.89 bits per heavy atom. The van der Waals surface area contributed by atoms with Crippen LogP contribution in [0.4, 0.5) is 22.0 Å². The van der Waals surface area contributed by atoms with E-state index in [9.17, 15) is 30.4 Å². The van der Waals surface area contributed by atoms with E-state index in [1.807, 2.05) is 0 Å². The molecule has 3 nitrogen and oxygen atoms in total. The highest BCUT2D eigenvalue weighted by Crippen LogP contribution is 2.41. The number of hydrogen-bond donors (Lipinski definition) is 0. The number of halogens is 7. The zero-order chi connectivity index (χ0) is 15.0. The molecule has 0 amide bonds. The van der Waals surface area contributed by atoms with Gasteiger partial charge in [0.2, 0.25) is 0 Å². The van der Waals surface area contributed by atoms with Crippen LogP contribution < -0.4 is 0 Å². The molecule has 1 heterocycles. The van der Waals surface area contributed by atoms with E-state index in [0.29, 0.717) is 6.20 Å². The number of aromatic nitrogens is 1. The number of pyridine rings is 1. The van der Waals surface area contributed by atoms with Crippen molar-refractivity contribution in [1.82, 2.24) is 4.98 Å². The van der Waals surface area contributed by atoms with Crippen LogP contribution in [0, 0.1) is 0 Å². The summed E-state index contributed by atoms with van der Waals surface area (Å²) in [6.45, 7) is 0. The molecular weight excluding hydrogens is 385 g/mol. The second-order valence-corrected chi connectivity index (χ2v) is 6.30. The van der Waals surface area contributed by atoms with Gasteiger partial charge in [0.05, 0.1) is 16.8 Å². The third-order valence-corrected chi connectivity index (χ3v) is 3.95. The summed E-state index contributed by atoms with van der Waals surface area (Å²) < 4.78 is 86.1. The van der Waals surface area contributed by atoms with Gasteiger partial charge in [-0.2, -0.15) is 13.2 Å². The summed E-state index contributed by atoms with van der Waals surface area (Å²) in [7, 11) is -0.170. The van der Waals surface area contributed by atoms with Gasteiger partial charge in [0.25, 0.3) is 15.5 Å². The second kappa shape index (κ2) is 5.49. The first-order chi connectivity index (χ1) is 8.50. The van der Waals surface area contributed by atoms with E-state index < -0.39 is 48.7 Å². The lowest BCUT2D eigenvalue weighted by atomic mass is 10.1. The van der Waals surface area contributed by atoms with Crippen LogP contribution in [0.15, 0.2) is 11.1 Å². The molecule has 1 aromatic rings. The Balaban J connectivity index is 3.89. The van der Waals surface area contributed by atoms with Crippen LogP contribution in [0.3, 0.4) is 0 Å². The predicted molar refractivity (Wildman–Crippen MR) is 59.9 cm³/mol. The summed E-state index contributed by atoms with van der Waals surface area (Å²) in [5.41, 5.74) is -3.90. The van der Waals surface area contributed by atoms with Crippen LogP contribution in [-0.4, -0.2) is 13.4 Å². The van der Waals surface area contributed by atoms with Crippen LogP contribution in [0.5, 0.6) is 0 Å². The molecule has 0 spiro atoms. The molecule has 0 atom stereocenters. The minimum absolute atomic E-state index is 0.367. The Labute approximate surface area is 117 Å². The first-order valence-corrected chi connectivity index (χ1v) is 7.81. The molecule has 0 saturated carbocycles. The van der Waals surface area contributed by atoms with Gasteiger partial charge in [-0.05, 0) is 0 Å². The highest BCUT2D eigenvalue weighted by atomic mass is 79.9. The van der Waals surface area contributed by atoms with Gasteiger partial charge in [0, 0.05) is 22.2 Å². The number of alkyl halides is 6. The number of rotatable bonds is 3. The maximum atomic E-state index is 12.8. The number of hydrogen-bond acceptors (Lipinski definition) is 3. The second-order valence-electron chi connectivity index (χ2n) is 3.23. The summed E-state index contributed by atoms with van der Waals surface area (Å²) in [6, 6.07) is 0. The molecular formula is C8H4BrClF5NO2S. The Bertz CT molecular complexity index is 590. The highest BCUT2D eigenvalue weighted by Gasteiger charge is 2.42. The van der Waals surface area contributed by atoms with Gasteiger partial charge < -0.3 is 0 Å². The van der Waals surface area contributed by atoms with Crippen molar-refractivity contribution in [2.45, 2.75) is 22.8 Å². The van der Waals surface area contributed by atoms with Crippen molar-refractivity contribution in [2.75, 3.05) is 0 Å². The minimum Gasteiger partial charge on any atom is -0.259 e. The monoisotopic (exact) mass is 387 g/mol. The molecule has 0 fully saturated rings. The van der Waals surface area contributed by atoms with Crippen LogP contribution in [0.1, 0.15) is 23.2 Å². The van der Waals surface area contributed by atoms with Gasteiger partial charge in [-0.25, -0.2) is 17.2 Å². The van der Waals surface area contributed by atoms with Crippen LogP contribution in [0.2, 0.25) is 0 Å². The van der Waals surface area contributed by atoms with Gasteiger partial charge in [-0.15, -0.1) is 0 Å². The third-order valence-electron chi connectivity index (χ3n) is 2.03. The molecule has 11 heteroatoms. The van der Waals surface area contributed by atoms with E-state index in [4.69, 9.17) is 10.7 Å². The SMILES string of the molecule is O=S(=O)(Cl)c1c(C(F)F)cnc(CBr)c1C(F)(F)F. The van der Waals surface area contributed by atoms with E-state index in [1.54, 1.807) is 0 Å². The van der Waals surface area contributed by atoms with Crippen molar-refractivity contribution < 1.29 is 30.4 Å². The van der Waals surface area contributed by atoms with E-state index in [-0.39, 0.29) is 0 Å². The average Bonchev–Trinajstić information content (AvgIpc) is 2.24. The highest BCUT2D eigenvalue weighted by molar-refractivity contribution is 9.08. The quantitative estimate of drug-likeness (QED) is 0.449. The molecule has 0 aliphatic heterocycles. The molecule has 108 valence electrons. The van der Waals surface area contributed by atoms with Crippen LogP contribution in [0.25, 0.3) is 0 Å². The van der Waals surface area contributed by atoms with E-state index >= 15 is 0 Å². The molecule has 0 aliphatic rings. The Morgan fingerprint density at radius 1 is 1.37 bits per heavy atom. The lowest BCUT2D eigenvalue weighted by Gasteiger charge is -2.16. The van der Waals surface area contributed by atoms with Crippen molar-refractivity contribution in [3.05, 3.63) is 23.0 Å². The summed E-state index contributed by atoms with van der Waals surface area (Å²) >= 11 is 2.68. The Kier molecular flexibility index (Phi) is 4.79. The molecule has 0 aliphatic carbocycles. The Morgan fingerprint density at radius 3 is 2.21 bits per heavy atom. The Hall–Kier alpha value is -0.480. The van der Waals surface area contributed by atoms with Crippen molar-refractivity contribution in [3.63, 3.8) is 0 Å². The van der Waals surface area contributed by atoms with Gasteiger partial charge in [0.1, 0.15) is 4.90 Å². The fourth-order valence-electron chi connectivity index (χ4n) is 1.36. The molecule has 0 radical (unpaired) electrons. The number of nitrogens with zero attached hydrogens (tertiary/aromatic N) is 1. The van der Waals surface area contributed by atoms with Crippen LogP contribution in [-0.2, 0) is 20.6 Å². The van der Waals surface area contributed by atoms with Crippen molar-refractivity contribution in [3.8, 4) is 0 Å². The lowest BCUT2D eigenvalue weighted by Crippen LogP contribution is -2.17.